The maximum atomic E-state index is 12.8. The number of pyridine rings is 1. The second-order valence-corrected chi connectivity index (χ2v) is 8.78. The average Bonchev–Trinajstić information content (AvgIpc) is 2.82. The first-order valence-electron chi connectivity index (χ1n) is 9.59. The number of hydrogen-bond donors (Lipinski definition) is 2. The fraction of sp³-hybridized carbons (Fsp3) is 0.190. The molecule has 9 nitrogen and oxygen atoms in total. The summed E-state index contributed by atoms with van der Waals surface area (Å²) in [6.07, 6.45) is 0. The monoisotopic (exact) mass is 440 g/mol. The van der Waals surface area contributed by atoms with Crippen LogP contribution in [-0.4, -0.2) is 55.8 Å². The maximum absolute atomic E-state index is 12.8. The molecule has 1 aliphatic heterocycles. The van der Waals surface area contributed by atoms with E-state index in [0.29, 0.717) is 18.7 Å². The van der Waals surface area contributed by atoms with Gasteiger partial charge in [0.05, 0.1) is 23.6 Å². The first kappa shape index (κ1) is 20.9. The average molecular weight is 440 g/mol. The van der Waals surface area contributed by atoms with Gasteiger partial charge in [-0.1, -0.05) is 30.3 Å². The van der Waals surface area contributed by atoms with Crippen molar-refractivity contribution in [1.29, 1.82) is 0 Å². The van der Waals surface area contributed by atoms with Gasteiger partial charge in [-0.05, 0) is 30.3 Å². The number of benzene rings is 2. The fourth-order valence-electron chi connectivity index (χ4n) is 3.18. The third-order valence-electron chi connectivity index (χ3n) is 4.82. The Kier molecular flexibility index (Phi) is 5.94. The van der Waals surface area contributed by atoms with Crippen LogP contribution in [0.15, 0.2) is 65.6 Å². The van der Waals surface area contributed by atoms with Gasteiger partial charge in [-0.3, -0.25) is 20.4 Å². The molecule has 160 valence electrons. The minimum absolute atomic E-state index is 0.00423. The Bertz CT molecular complexity index is 1240. The van der Waals surface area contributed by atoms with Crippen LogP contribution in [0.1, 0.15) is 20.8 Å². The highest BCUT2D eigenvalue weighted by Crippen LogP contribution is 2.18. The molecule has 1 saturated heterocycles. The lowest BCUT2D eigenvalue weighted by Crippen LogP contribution is -2.42. The summed E-state index contributed by atoms with van der Waals surface area (Å²) < 4.78 is 32.1. The normalized spacial score (nSPS) is 14.8. The lowest BCUT2D eigenvalue weighted by atomic mass is 10.2. The number of para-hydroxylation sites is 1. The number of hydrogen-bond acceptors (Lipinski definition) is 6. The largest absolute Gasteiger partial charge is 0.379 e. The molecule has 0 bridgehead atoms. The molecule has 1 aliphatic rings. The second-order valence-electron chi connectivity index (χ2n) is 6.84. The highest BCUT2D eigenvalue weighted by molar-refractivity contribution is 7.89. The Morgan fingerprint density at radius 3 is 2.45 bits per heavy atom. The number of sulfonamides is 1. The van der Waals surface area contributed by atoms with Gasteiger partial charge >= 0.3 is 0 Å². The van der Waals surface area contributed by atoms with Crippen molar-refractivity contribution in [2.24, 2.45) is 0 Å². The van der Waals surface area contributed by atoms with Crippen LogP contribution >= 0.6 is 0 Å². The van der Waals surface area contributed by atoms with Crippen LogP contribution in [-0.2, 0) is 14.8 Å². The summed E-state index contributed by atoms with van der Waals surface area (Å²) in [7, 11) is -3.74. The van der Waals surface area contributed by atoms with Crippen LogP contribution in [0.3, 0.4) is 0 Å². The van der Waals surface area contributed by atoms with Crippen LogP contribution in [0.4, 0.5) is 0 Å². The highest BCUT2D eigenvalue weighted by Gasteiger charge is 2.27. The molecule has 4 rings (SSSR count). The third kappa shape index (κ3) is 4.55. The number of morpholine rings is 1. The van der Waals surface area contributed by atoms with E-state index >= 15 is 0 Å². The molecule has 1 aromatic heterocycles. The summed E-state index contributed by atoms with van der Waals surface area (Å²) in [4.78, 5) is 29.1. The number of carbonyl (C=O) groups is 2. The minimum Gasteiger partial charge on any atom is -0.379 e. The number of aromatic nitrogens is 1. The van der Waals surface area contributed by atoms with E-state index in [9.17, 15) is 18.0 Å². The molecule has 0 spiro atoms. The molecular formula is C21H20N4O5S. The second kappa shape index (κ2) is 8.80. The van der Waals surface area contributed by atoms with Gasteiger partial charge < -0.3 is 4.74 Å². The lowest BCUT2D eigenvalue weighted by molar-refractivity contribution is 0.0730. The van der Waals surface area contributed by atoms with Gasteiger partial charge in [0, 0.05) is 24.0 Å². The first-order valence-corrected chi connectivity index (χ1v) is 11.0. The van der Waals surface area contributed by atoms with Gasteiger partial charge in [-0.15, -0.1) is 0 Å². The first-order chi connectivity index (χ1) is 14.9. The zero-order valence-corrected chi connectivity index (χ0v) is 17.3. The molecule has 1 fully saturated rings. The van der Waals surface area contributed by atoms with Crippen molar-refractivity contribution in [2.45, 2.75) is 4.90 Å². The molecular weight excluding hydrogens is 420 g/mol. The zero-order valence-electron chi connectivity index (χ0n) is 16.4. The van der Waals surface area contributed by atoms with E-state index in [1.807, 2.05) is 18.2 Å². The van der Waals surface area contributed by atoms with Crippen LogP contribution in [0.2, 0.25) is 0 Å². The van der Waals surface area contributed by atoms with Gasteiger partial charge in [-0.25, -0.2) is 13.4 Å². The molecule has 0 radical (unpaired) electrons. The molecule has 2 heterocycles. The molecule has 10 heteroatoms. The van der Waals surface area contributed by atoms with Crippen molar-refractivity contribution >= 4 is 32.7 Å². The summed E-state index contributed by atoms with van der Waals surface area (Å²) in [5, 5.41) is 0.890. The topological polar surface area (TPSA) is 118 Å². The Balaban J connectivity index is 1.44. The molecule has 2 N–H and O–H groups in total. The molecule has 2 aromatic carbocycles. The van der Waals surface area contributed by atoms with E-state index in [2.05, 4.69) is 15.8 Å². The predicted molar refractivity (Wildman–Crippen MR) is 113 cm³/mol. The van der Waals surface area contributed by atoms with Crippen LogP contribution in [0, 0.1) is 0 Å². The number of amides is 2. The third-order valence-corrected chi connectivity index (χ3v) is 6.72. The molecule has 31 heavy (non-hydrogen) atoms. The number of fused-ring (bicyclic) bond motifs is 1. The van der Waals surface area contributed by atoms with Crippen molar-refractivity contribution in [3.63, 3.8) is 0 Å². The van der Waals surface area contributed by atoms with Crippen LogP contribution in [0.5, 0.6) is 0 Å². The van der Waals surface area contributed by atoms with E-state index in [4.69, 9.17) is 4.74 Å². The minimum atomic E-state index is -3.74. The Hall–Kier alpha value is -3.34. The van der Waals surface area contributed by atoms with Gasteiger partial charge in [0.2, 0.25) is 10.0 Å². The van der Waals surface area contributed by atoms with Gasteiger partial charge in [0.25, 0.3) is 11.8 Å². The highest BCUT2D eigenvalue weighted by atomic mass is 32.2. The number of nitrogens with one attached hydrogen (secondary N) is 2. The van der Waals surface area contributed by atoms with Crippen LogP contribution < -0.4 is 10.9 Å². The Morgan fingerprint density at radius 1 is 0.903 bits per heavy atom. The number of ether oxygens (including phenoxy) is 1. The van der Waals surface area contributed by atoms with Gasteiger partial charge in [-0.2, -0.15) is 4.31 Å². The number of hydrazine groups is 1. The number of carbonyl (C=O) groups excluding carboxylic acids is 2. The Labute approximate surface area is 179 Å². The van der Waals surface area contributed by atoms with Crippen molar-refractivity contribution in [1.82, 2.24) is 20.1 Å². The number of nitrogens with zero attached hydrogens (tertiary/aromatic N) is 2. The van der Waals surface area contributed by atoms with Crippen LogP contribution in [0.25, 0.3) is 10.9 Å². The molecule has 3 aromatic rings. The SMILES string of the molecule is O=C(NNC(=O)c1ccc2ccccc2n1)c1cccc(S(=O)(=O)N2CCOCC2)c1. The standard InChI is InChI=1S/C21H20N4O5S/c26-20(23-24-21(27)19-9-8-15-4-1-2-7-18(15)22-19)16-5-3-6-17(14-16)31(28,29)25-10-12-30-13-11-25/h1-9,14H,10-13H2,(H,23,26)(H,24,27). The fourth-order valence-corrected chi connectivity index (χ4v) is 4.63. The van der Waals surface area contributed by atoms with E-state index in [1.165, 1.54) is 28.6 Å². The van der Waals surface area contributed by atoms with Crippen molar-refractivity contribution in [2.75, 3.05) is 26.3 Å². The molecule has 0 saturated carbocycles. The number of rotatable bonds is 4. The predicted octanol–water partition coefficient (Wildman–Crippen LogP) is 1.33. The summed E-state index contributed by atoms with van der Waals surface area (Å²) in [6.45, 7) is 1.17. The van der Waals surface area contributed by atoms with Crippen molar-refractivity contribution < 1.29 is 22.7 Å². The van der Waals surface area contributed by atoms with Gasteiger partial charge in [0.15, 0.2) is 0 Å². The van der Waals surface area contributed by atoms with Gasteiger partial charge in [0.1, 0.15) is 5.69 Å². The molecule has 0 aliphatic carbocycles. The Morgan fingerprint density at radius 2 is 1.65 bits per heavy atom. The van der Waals surface area contributed by atoms with E-state index in [0.717, 1.165) is 5.39 Å². The van der Waals surface area contributed by atoms with E-state index < -0.39 is 21.8 Å². The summed E-state index contributed by atoms with van der Waals surface area (Å²) in [5.41, 5.74) is 5.50. The van der Waals surface area contributed by atoms with E-state index in [-0.39, 0.29) is 29.2 Å². The quantitative estimate of drug-likeness (QED) is 0.591. The van der Waals surface area contributed by atoms with Crippen molar-refractivity contribution in [3.8, 4) is 0 Å². The smallest absolute Gasteiger partial charge is 0.288 e. The molecule has 2 amide bonds. The van der Waals surface area contributed by atoms with E-state index in [1.54, 1.807) is 18.2 Å². The summed E-state index contributed by atoms with van der Waals surface area (Å²) in [5.74, 6) is -1.23. The summed E-state index contributed by atoms with van der Waals surface area (Å²) in [6, 6.07) is 16.3. The lowest BCUT2D eigenvalue weighted by Gasteiger charge is -2.26. The maximum Gasteiger partial charge on any atom is 0.288 e. The van der Waals surface area contributed by atoms with Crippen molar-refractivity contribution in [3.05, 3.63) is 71.9 Å². The molecule has 0 atom stereocenters. The zero-order chi connectivity index (χ0) is 21.8. The summed E-state index contributed by atoms with van der Waals surface area (Å²) >= 11 is 0. The molecule has 0 unspecified atom stereocenters.